The van der Waals surface area contributed by atoms with E-state index in [1.807, 2.05) is 6.07 Å². The molecule has 0 aromatic carbocycles. The number of amides is 1. The summed E-state index contributed by atoms with van der Waals surface area (Å²) < 4.78 is 0.874. The first-order valence-corrected chi connectivity index (χ1v) is 5.44. The Hall–Kier alpha value is -1.75. The van der Waals surface area contributed by atoms with Crippen LogP contribution < -0.4 is 10.3 Å². The van der Waals surface area contributed by atoms with Gasteiger partial charge >= 0.3 is 0 Å². The van der Waals surface area contributed by atoms with Crippen molar-refractivity contribution >= 4 is 27.7 Å². The van der Waals surface area contributed by atoms with E-state index in [0.717, 1.165) is 4.47 Å². The number of aromatic nitrogens is 2. The van der Waals surface area contributed by atoms with Gasteiger partial charge in [-0.25, -0.2) is 9.97 Å². The van der Waals surface area contributed by atoms with Gasteiger partial charge in [0.15, 0.2) is 12.4 Å². The Kier molecular flexibility index (Phi) is 3.26. The zero-order valence-electron chi connectivity index (χ0n) is 8.27. The Bertz CT molecular complexity index is 484. The minimum absolute atomic E-state index is 0.188. The maximum atomic E-state index is 11.7. The molecule has 4 nitrogen and oxygen atoms in total. The van der Waals surface area contributed by atoms with E-state index in [1.165, 1.54) is 0 Å². The third-order valence-electron chi connectivity index (χ3n) is 1.94. The van der Waals surface area contributed by atoms with Crippen LogP contribution in [0.2, 0.25) is 0 Å². The molecule has 0 radical (unpaired) electrons. The molecular formula is C11H9BrN3O+. The molecule has 2 aromatic rings. The van der Waals surface area contributed by atoms with Crippen LogP contribution in [-0.4, -0.2) is 10.9 Å². The molecule has 0 unspecified atom stereocenters. The number of halogens is 1. The number of rotatable bonds is 2. The highest BCUT2D eigenvalue weighted by atomic mass is 79.9. The smallest absolute Gasteiger partial charge is 0.262 e. The van der Waals surface area contributed by atoms with E-state index < -0.39 is 0 Å². The van der Waals surface area contributed by atoms with Gasteiger partial charge in [-0.3, -0.25) is 4.79 Å². The first-order valence-electron chi connectivity index (χ1n) is 4.65. The van der Waals surface area contributed by atoms with Gasteiger partial charge in [-0.15, -0.1) is 0 Å². The minimum Gasteiger partial charge on any atom is -0.306 e. The molecule has 1 amide bonds. The van der Waals surface area contributed by atoms with Crippen LogP contribution in [0.3, 0.4) is 0 Å². The largest absolute Gasteiger partial charge is 0.306 e. The summed E-state index contributed by atoms with van der Waals surface area (Å²) in [6, 6.07) is 7.04. The average Bonchev–Trinajstić information content (AvgIpc) is 2.33. The van der Waals surface area contributed by atoms with E-state index in [9.17, 15) is 4.79 Å². The fourth-order valence-corrected chi connectivity index (χ4v) is 1.41. The monoisotopic (exact) mass is 278 g/mol. The average molecular weight is 279 g/mol. The van der Waals surface area contributed by atoms with Crippen molar-refractivity contribution < 1.29 is 9.78 Å². The predicted molar refractivity (Wildman–Crippen MR) is 62.9 cm³/mol. The number of anilines is 1. The van der Waals surface area contributed by atoms with Gasteiger partial charge in [0.25, 0.3) is 5.91 Å². The van der Waals surface area contributed by atoms with Crippen LogP contribution in [0, 0.1) is 0 Å². The molecule has 0 fully saturated rings. The number of pyridine rings is 2. The molecule has 80 valence electrons. The summed E-state index contributed by atoms with van der Waals surface area (Å²) in [5.74, 6) is 0.337. The lowest BCUT2D eigenvalue weighted by Gasteiger charge is -2.02. The molecule has 0 atom stereocenters. The summed E-state index contributed by atoms with van der Waals surface area (Å²) in [6.45, 7) is 0. The molecule has 0 bridgehead atoms. The molecule has 0 aliphatic heterocycles. The number of aromatic amines is 1. The van der Waals surface area contributed by atoms with E-state index in [-0.39, 0.29) is 5.91 Å². The second kappa shape index (κ2) is 4.85. The Morgan fingerprint density at radius 3 is 2.88 bits per heavy atom. The van der Waals surface area contributed by atoms with Crippen molar-refractivity contribution in [1.82, 2.24) is 4.98 Å². The highest BCUT2D eigenvalue weighted by molar-refractivity contribution is 9.10. The molecule has 5 heteroatoms. The summed E-state index contributed by atoms with van der Waals surface area (Å²) in [5.41, 5.74) is 0.562. The van der Waals surface area contributed by atoms with E-state index in [4.69, 9.17) is 0 Å². The van der Waals surface area contributed by atoms with Gasteiger partial charge in [0.1, 0.15) is 11.4 Å². The molecule has 16 heavy (non-hydrogen) atoms. The van der Waals surface area contributed by atoms with E-state index in [2.05, 4.69) is 31.2 Å². The summed E-state index contributed by atoms with van der Waals surface area (Å²) in [4.78, 5) is 18.6. The van der Waals surface area contributed by atoms with Crippen LogP contribution >= 0.6 is 15.9 Å². The van der Waals surface area contributed by atoms with Crippen LogP contribution in [0.25, 0.3) is 0 Å². The number of carbonyl (C=O) groups is 1. The molecule has 2 aromatic heterocycles. The second-order valence-electron chi connectivity index (χ2n) is 3.11. The maximum Gasteiger partial charge on any atom is 0.262 e. The Balaban J connectivity index is 2.11. The molecule has 0 saturated carbocycles. The minimum atomic E-state index is -0.188. The highest BCUT2D eigenvalue weighted by Gasteiger charge is 2.07. The lowest BCUT2D eigenvalue weighted by atomic mass is 10.3. The van der Waals surface area contributed by atoms with Crippen molar-refractivity contribution in [2.24, 2.45) is 0 Å². The number of carbonyl (C=O) groups excluding carboxylic acids is 1. The highest BCUT2D eigenvalue weighted by Crippen LogP contribution is 2.11. The van der Waals surface area contributed by atoms with Gasteiger partial charge in [-0.1, -0.05) is 0 Å². The number of H-pyrrole nitrogens is 1. The Morgan fingerprint density at radius 1 is 1.38 bits per heavy atom. The first-order chi connectivity index (χ1) is 7.75. The number of hydrogen-bond donors (Lipinski definition) is 1. The van der Waals surface area contributed by atoms with Crippen molar-refractivity contribution in [1.29, 1.82) is 0 Å². The van der Waals surface area contributed by atoms with Gasteiger partial charge < -0.3 is 5.32 Å². The normalized spacial score (nSPS) is 9.81. The molecule has 0 aliphatic carbocycles. The van der Waals surface area contributed by atoms with E-state index >= 15 is 0 Å². The van der Waals surface area contributed by atoms with Crippen molar-refractivity contribution in [2.45, 2.75) is 0 Å². The van der Waals surface area contributed by atoms with Crippen molar-refractivity contribution in [2.75, 3.05) is 5.32 Å². The molecule has 2 rings (SSSR count). The molecule has 2 N–H and O–H groups in total. The van der Waals surface area contributed by atoms with Crippen molar-refractivity contribution in [3.05, 3.63) is 52.9 Å². The van der Waals surface area contributed by atoms with E-state index in [0.29, 0.717) is 11.4 Å². The first kappa shape index (κ1) is 10.8. The van der Waals surface area contributed by atoms with Crippen LogP contribution in [0.15, 0.2) is 47.3 Å². The lowest BCUT2D eigenvalue weighted by Crippen LogP contribution is -2.15. The summed E-state index contributed by atoms with van der Waals surface area (Å²) in [7, 11) is 0. The van der Waals surface area contributed by atoms with Crippen LogP contribution in [0.5, 0.6) is 0 Å². The molecule has 2 heterocycles. The van der Waals surface area contributed by atoms with E-state index in [1.54, 1.807) is 36.8 Å². The van der Waals surface area contributed by atoms with Crippen LogP contribution in [0.4, 0.5) is 5.82 Å². The SMILES string of the molecule is O=C(Nc1ccc(Br)cn1)c1ccc[nH+]c1. The number of hydrogen-bond acceptors (Lipinski definition) is 2. The zero-order valence-corrected chi connectivity index (χ0v) is 9.86. The summed E-state index contributed by atoms with van der Waals surface area (Å²) in [5, 5.41) is 2.69. The van der Waals surface area contributed by atoms with Crippen LogP contribution in [0.1, 0.15) is 10.4 Å². The summed E-state index contributed by atoms with van der Waals surface area (Å²) in [6.07, 6.45) is 5.01. The molecular weight excluding hydrogens is 270 g/mol. The maximum absolute atomic E-state index is 11.7. The Labute approximate surface area is 101 Å². The van der Waals surface area contributed by atoms with Gasteiger partial charge in [0, 0.05) is 16.7 Å². The quantitative estimate of drug-likeness (QED) is 0.913. The lowest BCUT2D eigenvalue weighted by molar-refractivity contribution is -0.378. The summed E-state index contributed by atoms with van der Waals surface area (Å²) >= 11 is 3.28. The van der Waals surface area contributed by atoms with Crippen LogP contribution in [-0.2, 0) is 0 Å². The predicted octanol–water partition coefficient (Wildman–Crippen LogP) is 1.91. The van der Waals surface area contributed by atoms with Gasteiger partial charge in [-0.05, 0) is 34.1 Å². The van der Waals surface area contributed by atoms with Crippen molar-refractivity contribution in [3.8, 4) is 0 Å². The second-order valence-corrected chi connectivity index (χ2v) is 4.02. The number of nitrogens with one attached hydrogen (secondary N) is 2. The number of nitrogens with zero attached hydrogens (tertiary/aromatic N) is 1. The standard InChI is InChI=1S/C11H8BrN3O/c12-9-3-4-10(14-7-9)15-11(16)8-2-1-5-13-6-8/h1-7H,(H,14,15,16)/p+1. The van der Waals surface area contributed by atoms with Gasteiger partial charge in [0.05, 0.1) is 0 Å². The molecule has 0 saturated heterocycles. The third kappa shape index (κ3) is 2.64. The topological polar surface area (TPSA) is 56.1 Å². The fraction of sp³-hybridized carbons (Fsp3) is 0. The van der Waals surface area contributed by atoms with Gasteiger partial charge in [0.2, 0.25) is 0 Å². The molecule has 0 aliphatic rings. The fourth-order valence-electron chi connectivity index (χ4n) is 1.17. The third-order valence-corrected chi connectivity index (χ3v) is 2.41. The Morgan fingerprint density at radius 2 is 2.25 bits per heavy atom. The molecule has 0 spiro atoms. The van der Waals surface area contributed by atoms with Crippen molar-refractivity contribution in [3.63, 3.8) is 0 Å². The zero-order chi connectivity index (χ0) is 11.4. The van der Waals surface area contributed by atoms with Gasteiger partial charge in [-0.2, -0.15) is 0 Å².